The second kappa shape index (κ2) is 5.15. The first-order valence-corrected chi connectivity index (χ1v) is 8.02. The molecule has 7 nitrogen and oxygen atoms in total. The SMILES string of the molecule is CC1(C(=O)N2CCn3c(n[nH]c(=O)c3=O)C2)Cc2ccccc2C1. The number of amides is 1. The van der Waals surface area contributed by atoms with Crippen molar-refractivity contribution < 1.29 is 4.79 Å². The van der Waals surface area contributed by atoms with Gasteiger partial charge in [-0.05, 0) is 24.0 Å². The molecule has 4 rings (SSSR count). The van der Waals surface area contributed by atoms with Crippen molar-refractivity contribution >= 4 is 5.91 Å². The zero-order valence-corrected chi connectivity index (χ0v) is 13.4. The van der Waals surface area contributed by atoms with E-state index in [0.29, 0.717) is 18.9 Å². The fourth-order valence-electron chi connectivity index (χ4n) is 3.80. The molecule has 1 aliphatic carbocycles. The lowest BCUT2D eigenvalue weighted by Crippen LogP contribution is -2.51. The van der Waals surface area contributed by atoms with Gasteiger partial charge in [-0.2, -0.15) is 5.10 Å². The van der Waals surface area contributed by atoms with Crippen LogP contribution < -0.4 is 11.1 Å². The summed E-state index contributed by atoms with van der Waals surface area (Å²) in [5, 5.41) is 6.14. The van der Waals surface area contributed by atoms with Crippen molar-refractivity contribution in [3.63, 3.8) is 0 Å². The van der Waals surface area contributed by atoms with E-state index in [1.807, 2.05) is 19.1 Å². The van der Waals surface area contributed by atoms with E-state index in [9.17, 15) is 14.4 Å². The molecule has 2 aliphatic rings. The smallest absolute Gasteiger partial charge is 0.330 e. The van der Waals surface area contributed by atoms with E-state index in [1.165, 1.54) is 15.7 Å². The van der Waals surface area contributed by atoms with Gasteiger partial charge in [-0.1, -0.05) is 31.2 Å². The average Bonchev–Trinajstić information content (AvgIpc) is 2.94. The normalized spacial score (nSPS) is 18.1. The molecule has 2 aromatic rings. The van der Waals surface area contributed by atoms with Gasteiger partial charge in [-0.15, -0.1) is 0 Å². The van der Waals surface area contributed by atoms with Gasteiger partial charge in [0.1, 0.15) is 0 Å². The largest absolute Gasteiger partial charge is 0.333 e. The van der Waals surface area contributed by atoms with Gasteiger partial charge in [-0.3, -0.25) is 19.0 Å². The number of hydrogen-bond acceptors (Lipinski definition) is 4. The second-order valence-corrected chi connectivity index (χ2v) is 6.84. The fraction of sp³-hybridized carbons (Fsp3) is 0.412. The molecule has 1 aromatic carbocycles. The Morgan fingerprint density at radius 2 is 1.83 bits per heavy atom. The van der Waals surface area contributed by atoms with E-state index in [4.69, 9.17) is 0 Å². The zero-order valence-electron chi connectivity index (χ0n) is 13.4. The molecule has 0 saturated heterocycles. The Morgan fingerprint density at radius 1 is 1.17 bits per heavy atom. The fourth-order valence-corrected chi connectivity index (χ4v) is 3.80. The number of hydrogen-bond donors (Lipinski definition) is 1. The minimum Gasteiger partial charge on any atom is -0.333 e. The molecular formula is C17H18N4O3. The number of nitrogens with one attached hydrogen (secondary N) is 1. The molecule has 0 saturated carbocycles. The zero-order chi connectivity index (χ0) is 16.9. The van der Waals surface area contributed by atoms with Gasteiger partial charge in [0.05, 0.1) is 12.0 Å². The summed E-state index contributed by atoms with van der Waals surface area (Å²) in [7, 11) is 0. The molecular weight excluding hydrogens is 308 g/mol. The molecule has 0 bridgehead atoms. The number of fused-ring (bicyclic) bond motifs is 2. The lowest BCUT2D eigenvalue weighted by molar-refractivity contribution is -0.142. The standard InChI is InChI=1S/C17H18N4O3/c1-17(8-11-4-2-3-5-12(11)9-17)16(24)20-6-7-21-13(10-20)18-19-14(22)15(21)23/h2-5H,6-10H2,1H3,(H,19,22). The lowest BCUT2D eigenvalue weighted by Gasteiger charge is -2.34. The molecule has 0 spiro atoms. The van der Waals surface area contributed by atoms with Crippen molar-refractivity contribution in [2.45, 2.75) is 32.9 Å². The maximum absolute atomic E-state index is 13.1. The molecule has 1 N–H and O–H groups in total. The number of carbonyl (C=O) groups is 1. The predicted octanol–water partition coefficient (Wildman–Crippen LogP) is 0.0789. The maximum Gasteiger partial charge on any atom is 0.330 e. The third-order valence-electron chi connectivity index (χ3n) is 5.05. The van der Waals surface area contributed by atoms with Crippen LogP contribution in [-0.2, 0) is 30.7 Å². The summed E-state index contributed by atoms with van der Waals surface area (Å²) in [5.41, 5.74) is 0.658. The van der Waals surface area contributed by atoms with E-state index < -0.39 is 16.5 Å². The molecule has 0 unspecified atom stereocenters. The molecule has 7 heteroatoms. The summed E-state index contributed by atoms with van der Waals surface area (Å²) >= 11 is 0. The van der Waals surface area contributed by atoms with E-state index in [0.717, 1.165) is 12.8 Å². The number of rotatable bonds is 1. The molecule has 24 heavy (non-hydrogen) atoms. The Balaban J connectivity index is 1.60. The van der Waals surface area contributed by atoms with Crippen LogP contribution in [0.2, 0.25) is 0 Å². The van der Waals surface area contributed by atoms with E-state index in [-0.39, 0.29) is 12.5 Å². The van der Waals surface area contributed by atoms with Gasteiger partial charge in [0.25, 0.3) is 0 Å². The molecule has 0 atom stereocenters. The van der Waals surface area contributed by atoms with Gasteiger partial charge < -0.3 is 4.90 Å². The minimum absolute atomic E-state index is 0.0744. The van der Waals surface area contributed by atoms with Crippen LogP contribution in [-0.4, -0.2) is 32.1 Å². The Kier molecular flexibility index (Phi) is 3.19. The molecule has 124 valence electrons. The van der Waals surface area contributed by atoms with Gasteiger partial charge in [0.2, 0.25) is 5.91 Å². The average molecular weight is 326 g/mol. The maximum atomic E-state index is 13.1. The Hall–Kier alpha value is -2.70. The number of nitrogens with zero attached hydrogens (tertiary/aromatic N) is 3. The first-order valence-electron chi connectivity index (χ1n) is 8.02. The molecule has 2 heterocycles. The van der Waals surface area contributed by atoms with Crippen LogP contribution >= 0.6 is 0 Å². The van der Waals surface area contributed by atoms with Crippen LogP contribution in [0.15, 0.2) is 33.9 Å². The summed E-state index contributed by atoms with van der Waals surface area (Å²) in [5.74, 6) is 0.503. The van der Waals surface area contributed by atoms with Crippen LogP contribution in [0.1, 0.15) is 23.9 Å². The highest BCUT2D eigenvalue weighted by Crippen LogP contribution is 2.38. The predicted molar refractivity (Wildman–Crippen MR) is 86.5 cm³/mol. The number of carbonyl (C=O) groups excluding carboxylic acids is 1. The third-order valence-corrected chi connectivity index (χ3v) is 5.05. The molecule has 1 aliphatic heterocycles. The van der Waals surface area contributed by atoms with Crippen molar-refractivity contribution in [1.29, 1.82) is 0 Å². The van der Waals surface area contributed by atoms with Gasteiger partial charge in [0, 0.05) is 13.1 Å². The number of aromatic amines is 1. The summed E-state index contributed by atoms with van der Waals surface area (Å²) in [6.07, 6.45) is 1.45. The second-order valence-electron chi connectivity index (χ2n) is 6.84. The van der Waals surface area contributed by atoms with Crippen molar-refractivity contribution in [3.8, 4) is 0 Å². The molecule has 0 radical (unpaired) electrons. The summed E-state index contributed by atoms with van der Waals surface area (Å²) in [4.78, 5) is 38.0. The quantitative estimate of drug-likeness (QED) is 0.752. The van der Waals surface area contributed by atoms with Crippen LogP contribution in [0.5, 0.6) is 0 Å². The highest BCUT2D eigenvalue weighted by atomic mass is 16.2. The highest BCUT2D eigenvalue weighted by Gasteiger charge is 2.42. The first-order chi connectivity index (χ1) is 11.5. The molecule has 1 amide bonds. The summed E-state index contributed by atoms with van der Waals surface area (Å²) in [6.45, 7) is 2.97. The van der Waals surface area contributed by atoms with Crippen molar-refractivity contribution in [3.05, 3.63) is 61.9 Å². The minimum atomic E-state index is -0.725. The van der Waals surface area contributed by atoms with Crippen molar-refractivity contribution in [2.24, 2.45) is 5.41 Å². The van der Waals surface area contributed by atoms with E-state index in [1.54, 1.807) is 4.90 Å². The Morgan fingerprint density at radius 3 is 2.50 bits per heavy atom. The number of H-pyrrole nitrogens is 1. The molecule has 1 aromatic heterocycles. The van der Waals surface area contributed by atoms with Gasteiger partial charge in [0.15, 0.2) is 5.82 Å². The van der Waals surface area contributed by atoms with Crippen LogP contribution in [0.3, 0.4) is 0 Å². The topological polar surface area (TPSA) is 88.1 Å². The Labute approximate surface area is 137 Å². The summed E-state index contributed by atoms with van der Waals surface area (Å²) < 4.78 is 1.36. The summed E-state index contributed by atoms with van der Waals surface area (Å²) in [6, 6.07) is 8.15. The van der Waals surface area contributed by atoms with Gasteiger partial charge in [-0.25, -0.2) is 5.10 Å². The number of aromatic nitrogens is 3. The van der Waals surface area contributed by atoms with Crippen LogP contribution in [0.25, 0.3) is 0 Å². The molecule has 0 fully saturated rings. The highest BCUT2D eigenvalue weighted by molar-refractivity contribution is 5.84. The van der Waals surface area contributed by atoms with E-state index >= 15 is 0 Å². The van der Waals surface area contributed by atoms with Crippen molar-refractivity contribution in [1.82, 2.24) is 19.7 Å². The monoisotopic (exact) mass is 326 g/mol. The van der Waals surface area contributed by atoms with Crippen LogP contribution in [0, 0.1) is 5.41 Å². The van der Waals surface area contributed by atoms with Crippen molar-refractivity contribution in [2.75, 3.05) is 6.54 Å². The lowest BCUT2D eigenvalue weighted by atomic mass is 9.85. The van der Waals surface area contributed by atoms with Gasteiger partial charge >= 0.3 is 11.1 Å². The third kappa shape index (κ3) is 2.19. The Bertz CT molecular complexity index is 918. The first kappa shape index (κ1) is 14.9. The number of benzene rings is 1. The van der Waals surface area contributed by atoms with Crippen LogP contribution in [0.4, 0.5) is 0 Å². The van der Waals surface area contributed by atoms with E-state index in [2.05, 4.69) is 22.3 Å².